The lowest BCUT2D eigenvalue weighted by atomic mass is 9.87. The SMILES string of the molecule is CNC1Cc2ccc(C3CN(S(=O)(=O)C4CCC4)C3)cc2C1Cc1ccccc1. The highest BCUT2D eigenvalue weighted by atomic mass is 32.2. The Morgan fingerprint density at radius 3 is 2.48 bits per heavy atom. The summed E-state index contributed by atoms with van der Waals surface area (Å²) in [6.07, 6.45) is 4.84. The number of hydrogen-bond acceptors (Lipinski definition) is 3. The fourth-order valence-electron chi connectivity index (χ4n) is 5.15. The number of likely N-dealkylation sites (N-methyl/N-ethyl adjacent to an activating group) is 1. The number of benzene rings is 2. The van der Waals surface area contributed by atoms with E-state index in [1.54, 1.807) is 4.31 Å². The maximum absolute atomic E-state index is 12.6. The second kappa shape index (κ2) is 7.53. The van der Waals surface area contributed by atoms with Crippen LogP contribution in [-0.4, -0.2) is 44.2 Å². The molecule has 0 radical (unpaired) electrons. The number of nitrogens with one attached hydrogen (secondary N) is 1. The molecule has 154 valence electrons. The molecule has 0 aromatic heterocycles. The van der Waals surface area contributed by atoms with E-state index in [2.05, 4.69) is 60.9 Å². The van der Waals surface area contributed by atoms with E-state index in [0.29, 0.717) is 31.0 Å². The molecule has 2 atom stereocenters. The lowest BCUT2D eigenvalue weighted by Crippen LogP contribution is -2.52. The van der Waals surface area contributed by atoms with Crippen LogP contribution >= 0.6 is 0 Å². The van der Waals surface area contributed by atoms with Gasteiger partial charge in [0.2, 0.25) is 10.0 Å². The summed E-state index contributed by atoms with van der Waals surface area (Å²) in [5.41, 5.74) is 5.56. The van der Waals surface area contributed by atoms with Crippen LogP contribution in [0.15, 0.2) is 48.5 Å². The summed E-state index contributed by atoms with van der Waals surface area (Å²) >= 11 is 0. The smallest absolute Gasteiger partial charge is 0.217 e. The van der Waals surface area contributed by atoms with Crippen molar-refractivity contribution in [2.75, 3.05) is 20.1 Å². The van der Waals surface area contributed by atoms with Crippen molar-refractivity contribution in [3.63, 3.8) is 0 Å². The zero-order chi connectivity index (χ0) is 20.0. The second-order valence-corrected chi connectivity index (χ2v) is 11.2. The monoisotopic (exact) mass is 410 g/mol. The molecule has 0 spiro atoms. The number of fused-ring (bicyclic) bond motifs is 1. The molecule has 2 fully saturated rings. The van der Waals surface area contributed by atoms with Gasteiger partial charge < -0.3 is 5.32 Å². The van der Waals surface area contributed by atoms with Crippen molar-refractivity contribution in [2.45, 2.75) is 55.2 Å². The maximum Gasteiger partial charge on any atom is 0.217 e. The van der Waals surface area contributed by atoms with E-state index in [4.69, 9.17) is 0 Å². The fraction of sp³-hybridized carbons (Fsp3) is 0.500. The van der Waals surface area contributed by atoms with Crippen LogP contribution in [0, 0.1) is 0 Å². The van der Waals surface area contributed by atoms with Gasteiger partial charge in [0.1, 0.15) is 0 Å². The molecular formula is C24H30N2O2S. The highest BCUT2D eigenvalue weighted by Crippen LogP contribution is 2.40. The van der Waals surface area contributed by atoms with Gasteiger partial charge in [-0.05, 0) is 55.0 Å². The molecule has 0 amide bonds. The Morgan fingerprint density at radius 1 is 1.07 bits per heavy atom. The van der Waals surface area contributed by atoms with Crippen molar-refractivity contribution in [3.05, 3.63) is 70.8 Å². The van der Waals surface area contributed by atoms with Crippen molar-refractivity contribution in [1.29, 1.82) is 0 Å². The van der Waals surface area contributed by atoms with Crippen LogP contribution in [0.25, 0.3) is 0 Å². The van der Waals surface area contributed by atoms with Gasteiger partial charge in [-0.2, -0.15) is 0 Å². The Balaban J connectivity index is 1.34. The highest BCUT2D eigenvalue weighted by molar-refractivity contribution is 7.89. The zero-order valence-corrected chi connectivity index (χ0v) is 17.9. The summed E-state index contributed by atoms with van der Waals surface area (Å²) in [6, 6.07) is 18.1. The molecule has 1 N–H and O–H groups in total. The first-order valence-corrected chi connectivity index (χ1v) is 12.4. The molecule has 2 unspecified atom stereocenters. The Labute approximate surface area is 174 Å². The fourth-order valence-corrected chi connectivity index (χ4v) is 7.28. The molecule has 0 bridgehead atoms. The minimum absolute atomic E-state index is 0.116. The quantitative estimate of drug-likeness (QED) is 0.794. The maximum atomic E-state index is 12.6. The van der Waals surface area contributed by atoms with E-state index in [0.717, 1.165) is 32.1 Å². The van der Waals surface area contributed by atoms with Crippen molar-refractivity contribution >= 4 is 10.0 Å². The molecule has 29 heavy (non-hydrogen) atoms. The third-order valence-electron chi connectivity index (χ3n) is 7.32. The lowest BCUT2D eigenvalue weighted by Gasteiger charge is -2.42. The lowest BCUT2D eigenvalue weighted by molar-refractivity contribution is 0.255. The Bertz CT molecular complexity index is 979. The van der Waals surface area contributed by atoms with E-state index in [9.17, 15) is 8.42 Å². The van der Waals surface area contributed by atoms with Gasteiger partial charge in [0, 0.05) is 31.0 Å². The molecule has 1 saturated heterocycles. The first-order chi connectivity index (χ1) is 14.1. The summed E-state index contributed by atoms with van der Waals surface area (Å²) in [5.74, 6) is 0.799. The summed E-state index contributed by atoms with van der Waals surface area (Å²) in [5, 5.41) is 3.41. The average Bonchev–Trinajstić information content (AvgIpc) is 2.96. The van der Waals surface area contributed by atoms with Crippen LogP contribution < -0.4 is 5.32 Å². The molecule has 5 heteroatoms. The van der Waals surface area contributed by atoms with E-state index < -0.39 is 10.0 Å². The van der Waals surface area contributed by atoms with Crippen LogP contribution in [0.4, 0.5) is 0 Å². The van der Waals surface area contributed by atoms with Crippen molar-refractivity contribution in [2.24, 2.45) is 0 Å². The summed E-state index contributed by atoms with van der Waals surface area (Å²) in [4.78, 5) is 0. The van der Waals surface area contributed by atoms with Gasteiger partial charge in [0.05, 0.1) is 5.25 Å². The van der Waals surface area contributed by atoms with Crippen LogP contribution in [-0.2, 0) is 22.9 Å². The third-order valence-corrected chi connectivity index (χ3v) is 9.65. The predicted molar refractivity (Wildman–Crippen MR) is 117 cm³/mol. The first kappa shape index (κ1) is 19.3. The Hall–Kier alpha value is -1.69. The van der Waals surface area contributed by atoms with E-state index in [1.165, 1.54) is 22.3 Å². The largest absolute Gasteiger partial charge is 0.316 e. The van der Waals surface area contributed by atoms with E-state index >= 15 is 0 Å². The topological polar surface area (TPSA) is 49.4 Å². The van der Waals surface area contributed by atoms with Gasteiger partial charge in [-0.1, -0.05) is 55.0 Å². The van der Waals surface area contributed by atoms with Crippen LogP contribution in [0.5, 0.6) is 0 Å². The van der Waals surface area contributed by atoms with E-state index in [-0.39, 0.29) is 5.25 Å². The van der Waals surface area contributed by atoms with Gasteiger partial charge in [0.25, 0.3) is 0 Å². The number of sulfonamides is 1. The molecule has 4 nitrogen and oxygen atoms in total. The third kappa shape index (κ3) is 3.43. The van der Waals surface area contributed by atoms with Crippen molar-refractivity contribution < 1.29 is 8.42 Å². The van der Waals surface area contributed by atoms with Gasteiger partial charge in [-0.25, -0.2) is 12.7 Å². The average molecular weight is 411 g/mol. The summed E-state index contributed by atoms with van der Waals surface area (Å²) < 4.78 is 26.9. The normalized spacial score (nSPS) is 25.4. The Morgan fingerprint density at radius 2 is 1.83 bits per heavy atom. The van der Waals surface area contributed by atoms with Crippen LogP contribution in [0.3, 0.4) is 0 Å². The van der Waals surface area contributed by atoms with Crippen molar-refractivity contribution in [1.82, 2.24) is 9.62 Å². The second-order valence-electron chi connectivity index (χ2n) is 8.97. The van der Waals surface area contributed by atoms with Gasteiger partial charge in [-0.15, -0.1) is 0 Å². The number of hydrogen-bond donors (Lipinski definition) is 1. The summed E-state index contributed by atoms with van der Waals surface area (Å²) in [6.45, 7) is 1.30. The van der Waals surface area contributed by atoms with Crippen LogP contribution in [0.1, 0.15) is 53.4 Å². The minimum Gasteiger partial charge on any atom is -0.316 e. The molecule has 1 heterocycles. The predicted octanol–water partition coefficient (Wildman–Crippen LogP) is 3.44. The molecule has 2 aromatic carbocycles. The minimum atomic E-state index is -3.06. The molecule has 2 aliphatic carbocycles. The van der Waals surface area contributed by atoms with Gasteiger partial charge in [-0.3, -0.25) is 0 Å². The Kier molecular flexibility index (Phi) is 5.01. The van der Waals surface area contributed by atoms with E-state index in [1.807, 2.05) is 0 Å². The number of nitrogens with zero attached hydrogens (tertiary/aromatic N) is 1. The zero-order valence-electron chi connectivity index (χ0n) is 17.0. The number of rotatable bonds is 6. The molecule has 1 saturated carbocycles. The molecule has 1 aliphatic heterocycles. The van der Waals surface area contributed by atoms with Crippen molar-refractivity contribution in [3.8, 4) is 0 Å². The standard InChI is InChI=1S/C24H30N2O2S/c1-25-24-14-19-11-10-18(13-22(19)23(24)12-17-6-3-2-4-7-17)20-15-26(16-20)29(27,28)21-8-5-9-21/h2-4,6-7,10-11,13,20-21,23-25H,5,8-9,12,14-16H2,1H3. The van der Waals surface area contributed by atoms with Gasteiger partial charge >= 0.3 is 0 Å². The molecule has 5 rings (SSSR count). The molecular weight excluding hydrogens is 380 g/mol. The first-order valence-electron chi connectivity index (χ1n) is 10.9. The molecule has 2 aromatic rings. The highest BCUT2D eigenvalue weighted by Gasteiger charge is 2.43. The summed E-state index contributed by atoms with van der Waals surface area (Å²) in [7, 11) is -0.999. The van der Waals surface area contributed by atoms with Crippen LogP contribution in [0.2, 0.25) is 0 Å². The molecule has 3 aliphatic rings. The van der Waals surface area contributed by atoms with Gasteiger partial charge in [0.15, 0.2) is 0 Å².